The molecular weight excluding hydrogens is 254 g/mol. The lowest BCUT2D eigenvalue weighted by atomic mass is 10.1. The summed E-state index contributed by atoms with van der Waals surface area (Å²) in [4.78, 5) is 7.87. The maximum Gasteiger partial charge on any atom is 0.222 e. The van der Waals surface area contributed by atoms with Gasteiger partial charge in [0.05, 0.1) is 11.8 Å². The van der Waals surface area contributed by atoms with Gasteiger partial charge in [-0.15, -0.1) is 0 Å². The van der Waals surface area contributed by atoms with Crippen molar-refractivity contribution in [2.24, 2.45) is 0 Å². The van der Waals surface area contributed by atoms with Gasteiger partial charge >= 0.3 is 0 Å². The summed E-state index contributed by atoms with van der Waals surface area (Å²) in [6.45, 7) is 3.90. The van der Waals surface area contributed by atoms with Gasteiger partial charge in [0.1, 0.15) is 23.2 Å². The number of benzene rings is 1. The van der Waals surface area contributed by atoms with Crippen LogP contribution in [0.15, 0.2) is 24.3 Å². The molecular formula is C14H15N5O. The zero-order chi connectivity index (χ0) is 14.7. The molecule has 0 aliphatic heterocycles. The molecule has 0 saturated heterocycles. The lowest BCUT2D eigenvalue weighted by Gasteiger charge is -2.11. The molecule has 1 heterocycles. The Kier molecular flexibility index (Phi) is 3.71. The second kappa shape index (κ2) is 5.45. The number of aromatic nitrogens is 2. The Morgan fingerprint density at radius 2 is 1.80 bits per heavy atom. The molecule has 0 unspecified atom stereocenters. The summed E-state index contributed by atoms with van der Waals surface area (Å²) in [6, 6.07) is 9.23. The fourth-order valence-corrected chi connectivity index (χ4v) is 1.78. The van der Waals surface area contributed by atoms with Gasteiger partial charge in [-0.1, -0.05) is 0 Å². The Balaban J connectivity index is 2.44. The van der Waals surface area contributed by atoms with E-state index < -0.39 is 0 Å². The van der Waals surface area contributed by atoms with Crippen molar-refractivity contribution < 1.29 is 4.74 Å². The molecule has 6 heteroatoms. The summed E-state index contributed by atoms with van der Waals surface area (Å²) < 4.78 is 5.56. The topological polar surface area (TPSA) is 111 Å². The lowest BCUT2D eigenvalue weighted by Crippen LogP contribution is -2.06. The minimum atomic E-state index is 0.0407. The molecule has 0 radical (unpaired) electrons. The van der Waals surface area contributed by atoms with Crippen molar-refractivity contribution in [3.63, 3.8) is 0 Å². The van der Waals surface area contributed by atoms with Crippen LogP contribution < -0.4 is 16.2 Å². The van der Waals surface area contributed by atoms with Crippen LogP contribution in [-0.4, -0.2) is 16.1 Å². The van der Waals surface area contributed by atoms with E-state index in [1.54, 1.807) is 12.1 Å². The molecule has 0 atom stereocenters. The minimum Gasteiger partial charge on any atom is -0.491 e. The molecule has 2 rings (SSSR count). The van der Waals surface area contributed by atoms with Gasteiger partial charge in [0, 0.05) is 5.56 Å². The van der Waals surface area contributed by atoms with E-state index in [2.05, 4.69) is 9.97 Å². The van der Waals surface area contributed by atoms with Crippen molar-refractivity contribution in [2.45, 2.75) is 20.0 Å². The van der Waals surface area contributed by atoms with E-state index in [-0.39, 0.29) is 23.4 Å². The van der Waals surface area contributed by atoms with Gasteiger partial charge in [0.15, 0.2) is 0 Å². The second-order valence-electron chi connectivity index (χ2n) is 4.49. The number of ether oxygens (including phenoxy) is 1. The lowest BCUT2D eigenvalue weighted by molar-refractivity contribution is 0.242. The first-order valence-corrected chi connectivity index (χ1v) is 6.11. The van der Waals surface area contributed by atoms with Crippen molar-refractivity contribution >= 4 is 11.8 Å². The fraction of sp³-hybridized carbons (Fsp3) is 0.214. The molecule has 0 aliphatic carbocycles. The van der Waals surface area contributed by atoms with E-state index in [4.69, 9.17) is 21.5 Å². The van der Waals surface area contributed by atoms with Crippen LogP contribution in [0.4, 0.5) is 11.8 Å². The standard InChI is InChI=1S/C14H15N5O/c1-8(2)20-10-5-3-9(4-6-10)12-11(7-15)13(16)19-14(17)18-12/h3-6,8H,1-2H3,(H4,16,17,18,19). The number of hydrogen-bond acceptors (Lipinski definition) is 6. The minimum absolute atomic E-state index is 0.0407. The van der Waals surface area contributed by atoms with Crippen molar-refractivity contribution in [1.29, 1.82) is 5.26 Å². The summed E-state index contributed by atoms with van der Waals surface area (Å²) in [5, 5.41) is 9.15. The molecule has 1 aromatic heterocycles. The van der Waals surface area contributed by atoms with Gasteiger partial charge in [-0.25, -0.2) is 4.98 Å². The third-order valence-corrected chi connectivity index (χ3v) is 2.57. The molecule has 0 fully saturated rings. The number of nitrogens with two attached hydrogens (primary N) is 2. The van der Waals surface area contributed by atoms with Gasteiger partial charge in [-0.3, -0.25) is 0 Å². The highest BCUT2D eigenvalue weighted by atomic mass is 16.5. The van der Waals surface area contributed by atoms with Crippen LogP contribution in [0.1, 0.15) is 19.4 Å². The smallest absolute Gasteiger partial charge is 0.222 e. The Morgan fingerprint density at radius 1 is 1.15 bits per heavy atom. The van der Waals surface area contributed by atoms with Gasteiger partial charge in [0.2, 0.25) is 5.95 Å². The molecule has 102 valence electrons. The zero-order valence-corrected chi connectivity index (χ0v) is 11.3. The molecule has 20 heavy (non-hydrogen) atoms. The number of nitrogen functional groups attached to an aromatic ring is 2. The molecule has 0 spiro atoms. The molecule has 0 bridgehead atoms. The van der Waals surface area contributed by atoms with Crippen LogP contribution >= 0.6 is 0 Å². The van der Waals surface area contributed by atoms with Crippen LogP contribution in [0.3, 0.4) is 0 Å². The van der Waals surface area contributed by atoms with E-state index in [1.807, 2.05) is 32.0 Å². The van der Waals surface area contributed by atoms with E-state index in [9.17, 15) is 0 Å². The molecule has 2 aromatic rings. The van der Waals surface area contributed by atoms with Crippen LogP contribution in [0, 0.1) is 11.3 Å². The zero-order valence-electron chi connectivity index (χ0n) is 11.3. The average Bonchev–Trinajstić information content (AvgIpc) is 2.38. The van der Waals surface area contributed by atoms with Crippen LogP contribution in [0.25, 0.3) is 11.3 Å². The van der Waals surface area contributed by atoms with Crippen LogP contribution in [-0.2, 0) is 0 Å². The first kappa shape index (κ1) is 13.6. The predicted molar refractivity (Wildman–Crippen MR) is 76.8 cm³/mol. The first-order valence-electron chi connectivity index (χ1n) is 6.11. The number of hydrogen-bond donors (Lipinski definition) is 2. The quantitative estimate of drug-likeness (QED) is 0.881. The molecule has 1 aromatic carbocycles. The highest BCUT2D eigenvalue weighted by Crippen LogP contribution is 2.27. The molecule has 0 aliphatic rings. The monoisotopic (exact) mass is 269 g/mol. The van der Waals surface area contributed by atoms with Crippen molar-refractivity contribution in [3.05, 3.63) is 29.8 Å². The fourth-order valence-electron chi connectivity index (χ4n) is 1.78. The van der Waals surface area contributed by atoms with E-state index >= 15 is 0 Å². The maximum atomic E-state index is 9.15. The van der Waals surface area contributed by atoms with Crippen molar-refractivity contribution in [3.8, 4) is 23.1 Å². The highest BCUT2D eigenvalue weighted by molar-refractivity contribution is 5.73. The summed E-state index contributed by atoms with van der Waals surface area (Å²) in [5.74, 6) is 0.869. The van der Waals surface area contributed by atoms with Crippen molar-refractivity contribution in [1.82, 2.24) is 9.97 Å². The SMILES string of the molecule is CC(C)Oc1ccc(-c2nc(N)nc(N)c2C#N)cc1. The van der Waals surface area contributed by atoms with Gasteiger partial charge < -0.3 is 16.2 Å². The van der Waals surface area contributed by atoms with E-state index in [1.165, 1.54) is 0 Å². The number of nitrogens with zero attached hydrogens (tertiary/aromatic N) is 3. The Hall–Kier alpha value is -2.81. The summed E-state index contributed by atoms with van der Waals surface area (Å²) >= 11 is 0. The van der Waals surface area contributed by atoms with Crippen molar-refractivity contribution in [2.75, 3.05) is 11.5 Å². The Labute approximate surface area is 117 Å². The average molecular weight is 269 g/mol. The van der Waals surface area contributed by atoms with Gasteiger partial charge in [0.25, 0.3) is 0 Å². The Morgan fingerprint density at radius 3 is 2.35 bits per heavy atom. The third-order valence-electron chi connectivity index (χ3n) is 2.57. The third kappa shape index (κ3) is 2.78. The summed E-state index contributed by atoms with van der Waals surface area (Å²) in [7, 11) is 0. The van der Waals surface area contributed by atoms with Gasteiger partial charge in [-0.2, -0.15) is 10.2 Å². The molecule has 6 nitrogen and oxygen atoms in total. The molecule has 4 N–H and O–H groups in total. The normalized spacial score (nSPS) is 10.3. The van der Waals surface area contributed by atoms with Crippen LogP contribution in [0.2, 0.25) is 0 Å². The number of rotatable bonds is 3. The van der Waals surface area contributed by atoms with Gasteiger partial charge in [-0.05, 0) is 38.1 Å². The maximum absolute atomic E-state index is 9.15. The largest absolute Gasteiger partial charge is 0.491 e. The van der Waals surface area contributed by atoms with E-state index in [0.29, 0.717) is 5.69 Å². The van der Waals surface area contributed by atoms with Crippen LogP contribution in [0.5, 0.6) is 5.75 Å². The first-order chi connectivity index (χ1) is 9.51. The molecule has 0 amide bonds. The Bertz CT molecular complexity index is 658. The molecule has 0 saturated carbocycles. The second-order valence-corrected chi connectivity index (χ2v) is 4.49. The summed E-state index contributed by atoms with van der Waals surface area (Å²) in [6.07, 6.45) is 0.0980. The predicted octanol–water partition coefficient (Wildman–Crippen LogP) is 1.97. The highest BCUT2D eigenvalue weighted by Gasteiger charge is 2.13. The summed E-state index contributed by atoms with van der Waals surface area (Å²) in [5.41, 5.74) is 12.6. The number of nitriles is 1. The number of anilines is 2. The van der Waals surface area contributed by atoms with E-state index in [0.717, 1.165) is 11.3 Å².